The second-order valence-electron chi connectivity index (χ2n) is 7.69. The van der Waals surface area contributed by atoms with Gasteiger partial charge >= 0.3 is 0 Å². The fourth-order valence-electron chi connectivity index (χ4n) is 4.31. The molecule has 0 radical (unpaired) electrons. The van der Waals surface area contributed by atoms with E-state index in [1.807, 2.05) is 29.2 Å². The number of fused-ring (bicyclic) bond motifs is 1. The number of hydrogen-bond acceptors (Lipinski definition) is 4. The standard InChI is InChI=1S/C21H28N4O/c26-21(20-15-22-18-9-4-5-10-19(18)23-20)25-12-6-11-24(13-14-25)16-17-7-2-1-3-8-17/h4-5,9-10,15,17H,1-3,6-8,11-14,16H2. The number of nitrogens with zero attached hydrogens (tertiary/aromatic N) is 4. The first-order valence-electron chi connectivity index (χ1n) is 10.0. The first kappa shape index (κ1) is 17.4. The van der Waals surface area contributed by atoms with E-state index in [-0.39, 0.29) is 5.91 Å². The number of amides is 1. The summed E-state index contributed by atoms with van der Waals surface area (Å²) in [5, 5.41) is 0. The lowest BCUT2D eigenvalue weighted by Gasteiger charge is -2.28. The van der Waals surface area contributed by atoms with Gasteiger partial charge in [0.25, 0.3) is 5.91 Å². The quantitative estimate of drug-likeness (QED) is 0.850. The predicted molar refractivity (Wildman–Crippen MR) is 103 cm³/mol. The van der Waals surface area contributed by atoms with Crippen molar-refractivity contribution in [3.05, 3.63) is 36.2 Å². The number of carbonyl (C=O) groups is 1. The summed E-state index contributed by atoms with van der Waals surface area (Å²) < 4.78 is 0. The molecular weight excluding hydrogens is 324 g/mol. The van der Waals surface area contributed by atoms with Gasteiger partial charge < -0.3 is 9.80 Å². The molecule has 1 saturated carbocycles. The SMILES string of the molecule is O=C(c1cnc2ccccc2n1)N1CCCN(CC2CCCCC2)CC1. The Balaban J connectivity index is 1.38. The summed E-state index contributed by atoms with van der Waals surface area (Å²) in [7, 11) is 0. The first-order valence-corrected chi connectivity index (χ1v) is 10.0. The Morgan fingerprint density at radius 1 is 0.962 bits per heavy atom. The van der Waals surface area contributed by atoms with Crippen LogP contribution in [-0.2, 0) is 0 Å². The van der Waals surface area contributed by atoms with Gasteiger partial charge in [0.05, 0.1) is 17.2 Å². The van der Waals surface area contributed by atoms with Crippen LogP contribution in [0, 0.1) is 5.92 Å². The lowest BCUT2D eigenvalue weighted by molar-refractivity contribution is 0.0754. The zero-order valence-corrected chi connectivity index (χ0v) is 15.4. The minimum Gasteiger partial charge on any atom is -0.336 e. The Hall–Kier alpha value is -2.01. The maximum Gasteiger partial charge on any atom is 0.274 e. The van der Waals surface area contributed by atoms with Crippen LogP contribution in [0.3, 0.4) is 0 Å². The molecule has 0 atom stereocenters. The van der Waals surface area contributed by atoms with Gasteiger partial charge in [-0.25, -0.2) is 4.98 Å². The lowest BCUT2D eigenvalue weighted by atomic mass is 9.89. The molecular formula is C21H28N4O. The summed E-state index contributed by atoms with van der Waals surface area (Å²) in [6, 6.07) is 7.70. The average Bonchev–Trinajstić information content (AvgIpc) is 2.93. The zero-order valence-electron chi connectivity index (χ0n) is 15.4. The van der Waals surface area contributed by atoms with Gasteiger partial charge in [0.15, 0.2) is 0 Å². The third-order valence-corrected chi connectivity index (χ3v) is 5.78. The smallest absolute Gasteiger partial charge is 0.274 e. The van der Waals surface area contributed by atoms with E-state index in [1.165, 1.54) is 38.6 Å². The highest BCUT2D eigenvalue weighted by atomic mass is 16.2. The number of aromatic nitrogens is 2. The Kier molecular flexibility index (Phi) is 5.44. The number of para-hydroxylation sites is 2. The largest absolute Gasteiger partial charge is 0.336 e. The molecule has 1 aromatic carbocycles. The number of benzene rings is 1. The molecule has 138 valence electrons. The van der Waals surface area contributed by atoms with E-state index in [2.05, 4.69) is 14.9 Å². The average molecular weight is 352 g/mol. The highest BCUT2D eigenvalue weighted by molar-refractivity contribution is 5.93. The molecule has 0 N–H and O–H groups in total. The van der Waals surface area contributed by atoms with Crippen LogP contribution in [0.5, 0.6) is 0 Å². The molecule has 1 aliphatic carbocycles. The fourth-order valence-corrected chi connectivity index (χ4v) is 4.31. The van der Waals surface area contributed by atoms with Crippen LogP contribution in [0.2, 0.25) is 0 Å². The molecule has 5 nitrogen and oxygen atoms in total. The molecule has 2 aliphatic rings. The van der Waals surface area contributed by atoms with Crippen molar-refractivity contribution in [2.45, 2.75) is 38.5 Å². The Morgan fingerprint density at radius 2 is 1.77 bits per heavy atom. The maximum atomic E-state index is 12.9. The molecule has 2 aromatic rings. The normalized spacial score (nSPS) is 20.2. The van der Waals surface area contributed by atoms with Gasteiger partial charge in [-0.1, -0.05) is 31.4 Å². The van der Waals surface area contributed by atoms with Crippen molar-refractivity contribution >= 4 is 16.9 Å². The van der Waals surface area contributed by atoms with Crippen LogP contribution in [0.4, 0.5) is 0 Å². The molecule has 4 rings (SSSR count). The van der Waals surface area contributed by atoms with Gasteiger partial charge in [-0.15, -0.1) is 0 Å². The molecule has 1 aliphatic heterocycles. The van der Waals surface area contributed by atoms with Crippen molar-refractivity contribution in [3.63, 3.8) is 0 Å². The van der Waals surface area contributed by atoms with Crippen molar-refractivity contribution in [2.24, 2.45) is 5.92 Å². The molecule has 0 unspecified atom stereocenters. The van der Waals surface area contributed by atoms with Crippen LogP contribution in [0.25, 0.3) is 11.0 Å². The van der Waals surface area contributed by atoms with Gasteiger partial charge in [-0.05, 0) is 43.9 Å². The van der Waals surface area contributed by atoms with E-state index >= 15 is 0 Å². The molecule has 1 saturated heterocycles. The van der Waals surface area contributed by atoms with Gasteiger partial charge in [0, 0.05) is 26.2 Å². The van der Waals surface area contributed by atoms with Crippen molar-refractivity contribution in [2.75, 3.05) is 32.7 Å². The van der Waals surface area contributed by atoms with E-state index in [0.29, 0.717) is 5.69 Å². The van der Waals surface area contributed by atoms with E-state index in [0.717, 1.165) is 49.6 Å². The van der Waals surface area contributed by atoms with Gasteiger partial charge in [0.2, 0.25) is 0 Å². The Labute approximate surface area is 155 Å². The second-order valence-corrected chi connectivity index (χ2v) is 7.69. The van der Waals surface area contributed by atoms with Crippen molar-refractivity contribution in [3.8, 4) is 0 Å². The van der Waals surface area contributed by atoms with Crippen molar-refractivity contribution in [1.29, 1.82) is 0 Å². The molecule has 2 fully saturated rings. The van der Waals surface area contributed by atoms with E-state index in [9.17, 15) is 4.79 Å². The summed E-state index contributed by atoms with van der Waals surface area (Å²) in [6.45, 7) is 4.89. The van der Waals surface area contributed by atoms with Crippen LogP contribution in [-0.4, -0.2) is 58.4 Å². The summed E-state index contributed by atoms with van der Waals surface area (Å²) in [4.78, 5) is 26.3. The highest BCUT2D eigenvalue weighted by Gasteiger charge is 2.23. The van der Waals surface area contributed by atoms with Gasteiger partial charge in [0.1, 0.15) is 5.69 Å². The molecule has 26 heavy (non-hydrogen) atoms. The predicted octanol–water partition coefficient (Wildman–Crippen LogP) is 3.36. The number of carbonyl (C=O) groups excluding carboxylic acids is 1. The molecule has 5 heteroatoms. The molecule has 0 spiro atoms. The van der Waals surface area contributed by atoms with Crippen molar-refractivity contribution < 1.29 is 4.79 Å². The summed E-state index contributed by atoms with van der Waals surface area (Å²) in [5.74, 6) is 0.875. The van der Waals surface area contributed by atoms with E-state index < -0.39 is 0 Å². The number of rotatable bonds is 3. The highest BCUT2D eigenvalue weighted by Crippen LogP contribution is 2.24. The third kappa shape index (κ3) is 4.04. The zero-order chi connectivity index (χ0) is 17.8. The van der Waals surface area contributed by atoms with Crippen molar-refractivity contribution in [1.82, 2.24) is 19.8 Å². The van der Waals surface area contributed by atoms with Crippen LogP contribution < -0.4 is 0 Å². The monoisotopic (exact) mass is 352 g/mol. The summed E-state index contributed by atoms with van der Waals surface area (Å²) >= 11 is 0. The third-order valence-electron chi connectivity index (χ3n) is 5.78. The Bertz CT molecular complexity index is 757. The second kappa shape index (κ2) is 8.12. The van der Waals surface area contributed by atoms with Crippen LogP contribution in [0.15, 0.2) is 30.5 Å². The topological polar surface area (TPSA) is 49.3 Å². The molecule has 2 heterocycles. The van der Waals surface area contributed by atoms with Crippen LogP contribution in [0.1, 0.15) is 49.0 Å². The summed E-state index contributed by atoms with van der Waals surface area (Å²) in [6.07, 6.45) is 9.62. The lowest BCUT2D eigenvalue weighted by Crippen LogP contribution is -2.37. The van der Waals surface area contributed by atoms with E-state index in [4.69, 9.17) is 0 Å². The van der Waals surface area contributed by atoms with Gasteiger partial charge in [-0.2, -0.15) is 0 Å². The van der Waals surface area contributed by atoms with E-state index in [1.54, 1.807) is 6.20 Å². The minimum atomic E-state index is 0.0165. The molecule has 1 aromatic heterocycles. The van der Waals surface area contributed by atoms with Gasteiger partial charge in [-0.3, -0.25) is 9.78 Å². The maximum absolute atomic E-state index is 12.9. The molecule has 0 bridgehead atoms. The summed E-state index contributed by atoms with van der Waals surface area (Å²) in [5.41, 5.74) is 2.08. The first-order chi connectivity index (χ1) is 12.8. The Morgan fingerprint density at radius 3 is 2.62 bits per heavy atom. The van der Waals surface area contributed by atoms with Crippen LogP contribution >= 0.6 is 0 Å². The number of hydrogen-bond donors (Lipinski definition) is 0. The minimum absolute atomic E-state index is 0.0165. The fraction of sp³-hybridized carbons (Fsp3) is 0.571. The molecule has 1 amide bonds.